The number of alkyl halides is 6. The van der Waals surface area contributed by atoms with Crippen LogP contribution in [0.2, 0.25) is 0 Å². The molecular formula is C21H19F6N5O3. The van der Waals surface area contributed by atoms with Crippen LogP contribution in [0.4, 0.5) is 26.3 Å². The maximum absolute atomic E-state index is 13.4. The third kappa shape index (κ3) is 6.68. The summed E-state index contributed by atoms with van der Waals surface area (Å²) in [4.78, 5) is 21.1. The highest BCUT2D eigenvalue weighted by Gasteiger charge is 2.49. The number of aliphatic hydroxyl groups is 1. The van der Waals surface area contributed by atoms with E-state index in [1.54, 1.807) is 12.4 Å². The van der Waals surface area contributed by atoms with Crippen molar-refractivity contribution < 1.29 is 41.0 Å². The molecule has 2 N–H and O–H groups in total. The number of hydrogen-bond acceptors (Lipinski definition) is 6. The van der Waals surface area contributed by atoms with E-state index in [0.29, 0.717) is 5.56 Å². The summed E-state index contributed by atoms with van der Waals surface area (Å²) in [6, 6.07) is 2.96. The molecule has 0 saturated heterocycles. The number of carbonyl (C=O) groups is 1. The first-order chi connectivity index (χ1) is 16.0. The molecule has 35 heavy (non-hydrogen) atoms. The first-order valence-electron chi connectivity index (χ1n) is 9.87. The fourth-order valence-electron chi connectivity index (χ4n) is 3.07. The maximum Gasteiger partial charge on any atom is 0.573 e. The maximum atomic E-state index is 13.4. The van der Waals surface area contributed by atoms with Crippen LogP contribution in [-0.4, -0.2) is 54.9 Å². The SMILES string of the molecule is Cn1cc(-c2nc(C(=O)NC(C(C)(C)O)C(F)(F)F)cc(-c3ccc(OC(F)(F)F)cc3)n2)cn1. The topological polar surface area (TPSA) is 102 Å². The van der Waals surface area contributed by atoms with Gasteiger partial charge in [0.25, 0.3) is 5.91 Å². The molecule has 0 radical (unpaired) electrons. The summed E-state index contributed by atoms with van der Waals surface area (Å²) >= 11 is 0. The van der Waals surface area contributed by atoms with Crippen molar-refractivity contribution in [2.24, 2.45) is 7.05 Å². The number of aromatic nitrogens is 4. The number of carbonyl (C=O) groups excluding carboxylic acids is 1. The summed E-state index contributed by atoms with van der Waals surface area (Å²) in [5.41, 5.74) is -2.21. The normalized spacial score (nSPS) is 13.4. The van der Waals surface area contributed by atoms with E-state index in [-0.39, 0.29) is 17.1 Å². The molecule has 8 nitrogen and oxygen atoms in total. The van der Waals surface area contributed by atoms with E-state index in [4.69, 9.17) is 0 Å². The highest BCUT2D eigenvalue weighted by molar-refractivity contribution is 5.94. The lowest BCUT2D eigenvalue weighted by Gasteiger charge is -2.31. The summed E-state index contributed by atoms with van der Waals surface area (Å²) in [6.07, 6.45) is -7.01. The Labute approximate surface area is 194 Å². The summed E-state index contributed by atoms with van der Waals surface area (Å²) in [6.45, 7) is 1.78. The number of nitrogens with one attached hydrogen (secondary N) is 1. The van der Waals surface area contributed by atoms with Crippen LogP contribution >= 0.6 is 0 Å². The molecule has 0 bridgehead atoms. The highest BCUT2D eigenvalue weighted by atomic mass is 19.4. The molecule has 0 aliphatic rings. The summed E-state index contributed by atoms with van der Waals surface area (Å²) in [5, 5.41) is 15.6. The van der Waals surface area contributed by atoms with Gasteiger partial charge in [0.15, 0.2) is 11.9 Å². The van der Waals surface area contributed by atoms with Gasteiger partial charge in [-0.15, -0.1) is 13.2 Å². The Kier molecular flexibility index (Phi) is 6.79. The molecule has 2 heterocycles. The number of amides is 1. The van der Waals surface area contributed by atoms with E-state index in [2.05, 4.69) is 19.8 Å². The van der Waals surface area contributed by atoms with Crippen molar-refractivity contribution in [2.45, 2.75) is 38.0 Å². The van der Waals surface area contributed by atoms with E-state index < -0.39 is 41.5 Å². The van der Waals surface area contributed by atoms with Crippen molar-refractivity contribution in [2.75, 3.05) is 0 Å². The molecule has 1 unspecified atom stereocenters. The van der Waals surface area contributed by atoms with Gasteiger partial charge >= 0.3 is 12.5 Å². The van der Waals surface area contributed by atoms with Crippen LogP contribution in [0.25, 0.3) is 22.6 Å². The van der Waals surface area contributed by atoms with Crippen molar-refractivity contribution in [3.8, 4) is 28.4 Å². The fourth-order valence-corrected chi connectivity index (χ4v) is 3.07. The van der Waals surface area contributed by atoms with Gasteiger partial charge in [-0.2, -0.15) is 18.3 Å². The number of rotatable bonds is 6. The predicted octanol–water partition coefficient (Wildman–Crippen LogP) is 3.87. The second-order valence-corrected chi connectivity index (χ2v) is 8.04. The van der Waals surface area contributed by atoms with Crippen LogP contribution in [0.3, 0.4) is 0 Å². The van der Waals surface area contributed by atoms with Gasteiger partial charge < -0.3 is 15.2 Å². The molecule has 188 valence electrons. The number of benzene rings is 1. The van der Waals surface area contributed by atoms with E-state index in [9.17, 15) is 36.2 Å². The number of ether oxygens (including phenoxy) is 1. The molecule has 2 aromatic heterocycles. The lowest BCUT2D eigenvalue weighted by molar-refractivity contribution is -0.274. The fraction of sp³-hybridized carbons (Fsp3) is 0.333. The highest BCUT2D eigenvalue weighted by Crippen LogP contribution is 2.30. The van der Waals surface area contributed by atoms with Crippen LogP contribution in [0, 0.1) is 0 Å². The minimum Gasteiger partial charge on any atom is -0.406 e. The van der Waals surface area contributed by atoms with Crippen molar-refractivity contribution in [1.29, 1.82) is 0 Å². The van der Waals surface area contributed by atoms with Crippen molar-refractivity contribution in [1.82, 2.24) is 25.1 Å². The first kappa shape index (κ1) is 25.9. The molecule has 14 heteroatoms. The lowest BCUT2D eigenvalue weighted by Crippen LogP contribution is -2.57. The van der Waals surface area contributed by atoms with Crippen molar-refractivity contribution >= 4 is 5.91 Å². The number of nitrogens with zero attached hydrogens (tertiary/aromatic N) is 4. The molecule has 1 amide bonds. The molecule has 0 fully saturated rings. The predicted molar refractivity (Wildman–Crippen MR) is 110 cm³/mol. The molecular weight excluding hydrogens is 484 g/mol. The second-order valence-electron chi connectivity index (χ2n) is 8.04. The third-order valence-electron chi connectivity index (χ3n) is 4.61. The van der Waals surface area contributed by atoms with Gasteiger partial charge in [-0.3, -0.25) is 9.48 Å². The number of aryl methyl sites for hydroxylation is 1. The third-order valence-corrected chi connectivity index (χ3v) is 4.61. The van der Waals surface area contributed by atoms with E-state index in [1.165, 1.54) is 29.2 Å². The summed E-state index contributed by atoms with van der Waals surface area (Å²) < 4.78 is 82.8. The summed E-state index contributed by atoms with van der Waals surface area (Å²) in [5.74, 6) is -1.82. The van der Waals surface area contributed by atoms with Gasteiger partial charge in [-0.25, -0.2) is 9.97 Å². The molecule has 0 aliphatic heterocycles. The summed E-state index contributed by atoms with van der Waals surface area (Å²) in [7, 11) is 1.59. The molecule has 1 atom stereocenters. The standard InChI is InChI=1S/C21H19F6N5O3/c1-19(2,34)18(20(22,23)24)31-17(33)15-8-14(29-16(30-15)12-9-28-32(3)10-12)11-4-6-13(7-5-11)35-21(25,26)27/h4-10,18,34H,1-3H3,(H,31,33). The number of halogens is 6. The van der Waals surface area contributed by atoms with Crippen LogP contribution in [0.1, 0.15) is 24.3 Å². The van der Waals surface area contributed by atoms with E-state index in [0.717, 1.165) is 32.0 Å². The zero-order valence-electron chi connectivity index (χ0n) is 18.4. The molecule has 0 spiro atoms. The van der Waals surface area contributed by atoms with Crippen LogP contribution in [-0.2, 0) is 7.05 Å². The Morgan fingerprint density at radius 1 is 1.06 bits per heavy atom. The average molecular weight is 503 g/mol. The Hall–Kier alpha value is -3.68. The minimum atomic E-state index is -4.97. The van der Waals surface area contributed by atoms with Gasteiger partial charge in [-0.1, -0.05) is 0 Å². The Morgan fingerprint density at radius 3 is 2.17 bits per heavy atom. The van der Waals surface area contributed by atoms with Crippen LogP contribution < -0.4 is 10.1 Å². The first-order valence-corrected chi connectivity index (χ1v) is 9.87. The van der Waals surface area contributed by atoms with Crippen molar-refractivity contribution in [3.05, 3.63) is 48.4 Å². The second kappa shape index (κ2) is 9.17. The quantitative estimate of drug-likeness (QED) is 0.496. The van der Waals surface area contributed by atoms with E-state index >= 15 is 0 Å². The molecule has 3 aromatic rings. The Morgan fingerprint density at radius 2 is 1.69 bits per heavy atom. The van der Waals surface area contributed by atoms with Crippen molar-refractivity contribution in [3.63, 3.8) is 0 Å². The van der Waals surface area contributed by atoms with E-state index in [1.807, 2.05) is 0 Å². The molecule has 1 aromatic carbocycles. The smallest absolute Gasteiger partial charge is 0.406 e. The largest absolute Gasteiger partial charge is 0.573 e. The van der Waals surface area contributed by atoms with Crippen LogP contribution in [0.5, 0.6) is 5.75 Å². The molecule has 3 rings (SSSR count). The zero-order chi connectivity index (χ0) is 26.2. The average Bonchev–Trinajstić information content (AvgIpc) is 3.15. The van der Waals surface area contributed by atoms with Gasteiger partial charge in [0, 0.05) is 18.8 Å². The Bertz CT molecular complexity index is 1190. The number of hydrogen-bond donors (Lipinski definition) is 2. The van der Waals surface area contributed by atoms with Crippen LogP contribution in [0.15, 0.2) is 42.7 Å². The molecule has 0 aliphatic carbocycles. The monoisotopic (exact) mass is 503 g/mol. The van der Waals surface area contributed by atoms with Gasteiger partial charge in [0.1, 0.15) is 11.4 Å². The minimum absolute atomic E-state index is 0.0365. The van der Waals surface area contributed by atoms with Gasteiger partial charge in [0.2, 0.25) is 0 Å². The zero-order valence-corrected chi connectivity index (χ0v) is 18.4. The lowest BCUT2D eigenvalue weighted by atomic mass is 9.98. The Balaban J connectivity index is 2.04. The molecule has 0 saturated carbocycles. The van der Waals surface area contributed by atoms with Gasteiger partial charge in [0.05, 0.1) is 23.1 Å². The van der Waals surface area contributed by atoms with Gasteiger partial charge in [-0.05, 0) is 44.2 Å².